The van der Waals surface area contributed by atoms with Crippen molar-refractivity contribution < 1.29 is 18.7 Å². The maximum Gasteiger partial charge on any atom is 0.410 e. The number of carbonyl (C=O) groups is 1. The molecule has 1 heterocycles. The maximum atomic E-state index is 12.4. The van der Waals surface area contributed by atoms with Gasteiger partial charge in [-0.15, -0.1) is 0 Å². The lowest BCUT2D eigenvalue weighted by molar-refractivity contribution is -0.0736. The smallest absolute Gasteiger partial charge is 0.410 e. The molecule has 1 fully saturated rings. The van der Waals surface area contributed by atoms with Crippen LogP contribution in [0.25, 0.3) is 0 Å². The molecule has 216 valence electrons. The molecule has 1 aliphatic rings. The molecule has 0 aliphatic carbocycles. The molecule has 1 atom stereocenters. The van der Waals surface area contributed by atoms with Crippen molar-refractivity contribution in [2.75, 3.05) is 19.7 Å². The van der Waals surface area contributed by atoms with Crippen molar-refractivity contribution in [3.63, 3.8) is 0 Å². The van der Waals surface area contributed by atoms with Crippen LogP contribution in [0, 0.1) is 0 Å². The van der Waals surface area contributed by atoms with E-state index in [-0.39, 0.29) is 22.8 Å². The Balaban J connectivity index is 1.53. The Labute approximate surface area is 238 Å². The summed E-state index contributed by atoms with van der Waals surface area (Å²) in [5, 5.41) is 2.63. The lowest BCUT2D eigenvalue weighted by atomic mass is 9.93. The average Bonchev–Trinajstić information content (AvgIpc) is 2.86. The predicted octanol–water partition coefficient (Wildman–Crippen LogP) is 6.93. The molecule has 1 unspecified atom stereocenters. The molecule has 2 aromatic carbocycles. The third-order valence-corrected chi connectivity index (χ3v) is 12.9. The average molecular weight is 554 g/mol. The number of benzene rings is 2. The normalized spacial score (nSPS) is 17.1. The van der Waals surface area contributed by atoms with Gasteiger partial charge in [0.25, 0.3) is 8.32 Å². The number of amides is 1. The predicted molar refractivity (Wildman–Crippen MR) is 163 cm³/mol. The molecule has 1 saturated heterocycles. The van der Waals surface area contributed by atoms with Crippen molar-refractivity contribution in [3.8, 4) is 0 Å². The number of unbranched alkanes of at least 4 members (excludes halogenated alkanes) is 1. The Bertz CT molecular complexity index is 982. The summed E-state index contributed by atoms with van der Waals surface area (Å²) in [6.07, 6.45) is 4.64. The first-order valence-electron chi connectivity index (χ1n) is 14.7. The summed E-state index contributed by atoms with van der Waals surface area (Å²) >= 11 is 0. The van der Waals surface area contributed by atoms with Gasteiger partial charge in [-0.05, 0) is 82.1 Å². The molecule has 3 rings (SSSR count). The fourth-order valence-corrected chi connectivity index (χ4v) is 10.3. The Hall–Kier alpha value is -2.15. The Morgan fingerprint density at radius 2 is 1.41 bits per heavy atom. The van der Waals surface area contributed by atoms with Crippen LogP contribution in [0.2, 0.25) is 5.04 Å². The first-order chi connectivity index (χ1) is 18.3. The fourth-order valence-electron chi connectivity index (χ4n) is 5.54. The molecule has 0 saturated carbocycles. The van der Waals surface area contributed by atoms with Gasteiger partial charge in [0.05, 0.1) is 5.60 Å². The van der Waals surface area contributed by atoms with Gasteiger partial charge in [0.1, 0.15) is 5.60 Å². The summed E-state index contributed by atoms with van der Waals surface area (Å²) in [7, 11) is -2.52. The van der Waals surface area contributed by atoms with E-state index in [0.29, 0.717) is 13.1 Å². The number of ether oxygens (including phenoxy) is 2. The molecule has 5 nitrogen and oxygen atoms in total. The summed E-state index contributed by atoms with van der Waals surface area (Å²) < 4.78 is 19.1. The third kappa shape index (κ3) is 8.42. The van der Waals surface area contributed by atoms with Crippen molar-refractivity contribution >= 4 is 24.8 Å². The summed E-state index contributed by atoms with van der Waals surface area (Å²) in [6.45, 7) is 19.2. The highest BCUT2D eigenvalue weighted by molar-refractivity contribution is 6.99. The second-order valence-corrected chi connectivity index (χ2v) is 17.6. The van der Waals surface area contributed by atoms with Gasteiger partial charge < -0.3 is 18.8 Å². The molecule has 2 aromatic rings. The van der Waals surface area contributed by atoms with E-state index in [1.807, 2.05) is 20.8 Å². The molecule has 0 spiro atoms. The Morgan fingerprint density at radius 3 is 1.87 bits per heavy atom. The van der Waals surface area contributed by atoms with E-state index in [2.05, 4.69) is 95.3 Å². The number of piperidine rings is 1. The van der Waals surface area contributed by atoms with E-state index in [4.69, 9.17) is 13.9 Å². The minimum absolute atomic E-state index is 0.0180. The first kappa shape index (κ1) is 31.4. The van der Waals surface area contributed by atoms with E-state index < -0.39 is 13.9 Å². The zero-order valence-electron chi connectivity index (χ0n) is 25.6. The van der Waals surface area contributed by atoms with Crippen LogP contribution in [0.1, 0.15) is 87.5 Å². The number of carbonyl (C=O) groups excluding carboxylic acids is 1. The van der Waals surface area contributed by atoms with Gasteiger partial charge in [-0.2, -0.15) is 0 Å². The van der Waals surface area contributed by atoms with E-state index in [0.717, 1.165) is 38.7 Å². The molecule has 1 aliphatic heterocycles. The van der Waals surface area contributed by atoms with Crippen LogP contribution in [-0.4, -0.2) is 56.3 Å². The van der Waals surface area contributed by atoms with Crippen LogP contribution in [0.3, 0.4) is 0 Å². The van der Waals surface area contributed by atoms with Crippen LogP contribution in [0.4, 0.5) is 4.79 Å². The minimum atomic E-state index is -2.52. The fraction of sp³-hybridized carbons (Fsp3) is 0.606. The molecule has 0 N–H and O–H groups in total. The minimum Gasteiger partial charge on any atom is -0.444 e. The zero-order chi connectivity index (χ0) is 28.7. The van der Waals surface area contributed by atoms with Gasteiger partial charge in [0.15, 0.2) is 0 Å². The second kappa shape index (κ2) is 13.0. The molecular formula is C33H51NO4Si. The van der Waals surface area contributed by atoms with Gasteiger partial charge in [-0.3, -0.25) is 0 Å². The summed E-state index contributed by atoms with van der Waals surface area (Å²) in [5.74, 6) is 0. The van der Waals surface area contributed by atoms with Crippen molar-refractivity contribution in [1.82, 2.24) is 4.90 Å². The lowest BCUT2D eigenvalue weighted by Gasteiger charge is -2.44. The number of nitrogens with zero attached hydrogens (tertiary/aromatic N) is 1. The SMILES string of the molecule is CC(CCCCOC1(C)CCN(C(=O)OC(C)(C)C)CC1)O[Si](c1ccccc1)(c1ccccc1)C(C)(C)C. The molecule has 0 radical (unpaired) electrons. The van der Waals surface area contributed by atoms with Crippen LogP contribution in [0.15, 0.2) is 60.7 Å². The highest BCUT2D eigenvalue weighted by Crippen LogP contribution is 2.38. The maximum absolute atomic E-state index is 12.4. The molecule has 0 bridgehead atoms. The number of likely N-dealkylation sites (tertiary alicyclic amines) is 1. The van der Waals surface area contributed by atoms with Crippen LogP contribution in [0.5, 0.6) is 0 Å². The monoisotopic (exact) mass is 553 g/mol. The molecule has 0 aromatic heterocycles. The summed E-state index contributed by atoms with van der Waals surface area (Å²) in [5.41, 5.74) is -0.651. The van der Waals surface area contributed by atoms with E-state index >= 15 is 0 Å². The van der Waals surface area contributed by atoms with Crippen LogP contribution < -0.4 is 10.4 Å². The molecule has 6 heteroatoms. The molecule has 39 heavy (non-hydrogen) atoms. The van der Waals surface area contributed by atoms with Gasteiger partial charge in [-0.1, -0.05) is 81.4 Å². The lowest BCUT2D eigenvalue weighted by Crippen LogP contribution is -2.67. The van der Waals surface area contributed by atoms with Gasteiger partial charge >= 0.3 is 6.09 Å². The van der Waals surface area contributed by atoms with Crippen molar-refractivity contribution in [3.05, 3.63) is 60.7 Å². The topological polar surface area (TPSA) is 48.0 Å². The number of hydrogen-bond acceptors (Lipinski definition) is 4. The van der Waals surface area contributed by atoms with E-state index in [1.165, 1.54) is 10.4 Å². The third-order valence-electron chi connectivity index (χ3n) is 7.72. The second-order valence-electron chi connectivity index (χ2n) is 13.4. The van der Waals surface area contributed by atoms with Crippen LogP contribution >= 0.6 is 0 Å². The highest BCUT2D eigenvalue weighted by Gasteiger charge is 2.50. The Morgan fingerprint density at radius 1 is 0.897 bits per heavy atom. The van der Waals surface area contributed by atoms with Crippen molar-refractivity contribution in [2.24, 2.45) is 0 Å². The first-order valence-corrected chi connectivity index (χ1v) is 16.6. The number of rotatable bonds is 10. The van der Waals surface area contributed by atoms with Crippen molar-refractivity contribution in [2.45, 2.75) is 110 Å². The number of hydrogen-bond donors (Lipinski definition) is 0. The van der Waals surface area contributed by atoms with Crippen molar-refractivity contribution in [1.29, 1.82) is 0 Å². The Kier molecular flexibility index (Phi) is 10.5. The molecule has 1 amide bonds. The van der Waals surface area contributed by atoms with E-state index in [9.17, 15) is 4.79 Å². The zero-order valence-corrected chi connectivity index (χ0v) is 26.6. The quantitative estimate of drug-likeness (QED) is 0.236. The summed E-state index contributed by atoms with van der Waals surface area (Å²) in [4.78, 5) is 14.2. The van der Waals surface area contributed by atoms with Crippen LogP contribution in [-0.2, 0) is 13.9 Å². The van der Waals surface area contributed by atoms with E-state index in [1.54, 1.807) is 4.90 Å². The standard InChI is InChI=1S/C33H51NO4Si/c1-27(17-15-16-26-36-33(8)22-24-34(25-23-33)30(35)37-31(2,3)4)38-39(32(5,6)7,28-18-11-9-12-19-28)29-20-13-10-14-21-29/h9-14,18-21,27H,15-17,22-26H2,1-8H3. The van der Waals surface area contributed by atoms with Gasteiger partial charge in [-0.25, -0.2) is 4.79 Å². The van der Waals surface area contributed by atoms with Gasteiger partial charge in [0.2, 0.25) is 0 Å². The highest BCUT2D eigenvalue weighted by atomic mass is 28.4. The molecular weight excluding hydrogens is 502 g/mol. The largest absolute Gasteiger partial charge is 0.444 e. The van der Waals surface area contributed by atoms with Gasteiger partial charge in [0, 0.05) is 25.8 Å². The summed E-state index contributed by atoms with van der Waals surface area (Å²) in [6, 6.07) is 21.7.